The average Bonchev–Trinajstić information content (AvgIpc) is 2.98. The van der Waals surface area contributed by atoms with Gasteiger partial charge < -0.3 is 10.1 Å². The number of fused-ring (bicyclic) bond motifs is 1. The lowest BCUT2D eigenvalue weighted by molar-refractivity contribution is 0.0966. The number of nitrogens with zero attached hydrogens (tertiary/aromatic N) is 1. The Labute approximate surface area is 122 Å². The van der Waals surface area contributed by atoms with Gasteiger partial charge >= 0.3 is 0 Å². The van der Waals surface area contributed by atoms with Gasteiger partial charge in [-0.05, 0) is 38.9 Å². The molecule has 1 fully saturated rings. The Balaban J connectivity index is 1.73. The van der Waals surface area contributed by atoms with Crippen LogP contribution < -0.4 is 10.1 Å². The van der Waals surface area contributed by atoms with E-state index in [0.717, 1.165) is 18.3 Å². The van der Waals surface area contributed by atoms with Crippen molar-refractivity contribution in [2.75, 3.05) is 27.2 Å². The minimum Gasteiger partial charge on any atom is -0.492 e. The molecular formula is C17H26N2O. The molecule has 2 aliphatic rings. The van der Waals surface area contributed by atoms with E-state index in [4.69, 9.17) is 4.74 Å². The molecule has 0 aromatic heterocycles. The molecule has 1 heterocycles. The van der Waals surface area contributed by atoms with Crippen LogP contribution in [0.4, 0.5) is 0 Å². The number of hydrogen-bond acceptors (Lipinski definition) is 3. The van der Waals surface area contributed by atoms with E-state index < -0.39 is 0 Å². The molecule has 0 saturated heterocycles. The summed E-state index contributed by atoms with van der Waals surface area (Å²) in [4.78, 5) is 2.51. The maximum atomic E-state index is 5.97. The van der Waals surface area contributed by atoms with Crippen molar-refractivity contribution >= 4 is 0 Å². The highest BCUT2D eigenvalue weighted by Crippen LogP contribution is 2.34. The highest BCUT2D eigenvalue weighted by atomic mass is 16.5. The summed E-state index contributed by atoms with van der Waals surface area (Å²) in [7, 11) is 4.31. The molecule has 110 valence electrons. The Kier molecular flexibility index (Phi) is 4.27. The summed E-state index contributed by atoms with van der Waals surface area (Å²) < 4.78 is 5.97. The van der Waals surface area contributed by atoms with Crippen LogP contribution in [0.1, 0.15) is 37.3 Å². The third kappa shape index (κ3) is 2.70. The molecular weight excluding hydrogens is 248 g/mol. The Bertz CT molecular complexity index is 442. The van der Waals surface area contributed by atoms with E-state index in [1.807, 2.05) is 6.07 Å². The zero-order chi connectivity index (χ0) is 13.9. The van der Waals surface area contributed by atoms with E-state index in [2.05, 4.69) is 42.5 Å². The second-order valence-electron chi connectivity index (χ2n) is 6.27. The lowest BCUT2D eigenvalue weighted by Gasteiger charge is -2.39. The largest absolute Gasteiger partial charge is 0.492 e. The first-order valence-electron chi connectivity index (χ1n) is 7.89. The summed E-state index contributed by atoms with van der Waals surface area (Å²) in [5, 5.41) is 3.49. The van der Waals surface area contributed by atoms with Gasteiger partial charge in [0.05, 0.1) is 12.1 Å². The van der Waals surface area contributed by atoms with Crippen molar-refractivity contribution in [3.63, 3.8) is 0 Å². The molecule has 2 atom stereocenters. The summed E-state index contributed by atoms with van der Waals surface area (Å²) in [5.74, 6) is 1.92. The minimum atomic E-state index is 0.367. The predicted molar refractivity (Wildman–Crippen MR) is 82.1 cm³/mol. The van der Waals surface area contributed by atoms with Crippen molar-refractivity contribution < 1.29 is 4.74 Å². The van der Waals surface area contributed by atoms with Crippen molar-refractivity contribution in [2.24, 2.45) is 5.92 Å². The fraction of sp³-hybridized carbons (Fsp3) is 0.647. The van der Waals surface area contributed by atoms with Crippen molar-refractivity contribution in [1.29, 1.82) is 0 Å². The average molecular weight is 274 g/mol. The Hall–Kier alpha value is -1.06. The number of benzene rings is 1. The highest BCUT2D eigenvalue weighted by Gasteiger charge is 2.33. The van der Waals surface area contributed by atoms with Gasteiger partial charge in [0.25, 0.3) is 0 Å². The third-order valence-corrected chi connectivity index (χ3v) is 4.95. The fourth-order valence-electron chi connectivity index (χ4n) is 3.81. The lowest BCUT2D eigenvalue weighted by atomic mass is 9.94. The maximum Gasteiger partial charge on any atom is 0.124 e. The summed E-state index contributed by atoms with van der Waals surface area (Å²) >= 11 is 0. The number of rotatable bonds is 4. The number of ether oxygens (including phenoxy) is 1. The fourth-order valence-corrected chi connectivity index (χ4v) is 3.81. The van der Waals surface area contributed by atoms with Gasteiger partial charge in [-0.15, -0.1) is 0 Å². The minimum absolute atomic E-state index is 0.367. The molecule has 0 bridgehead atoms. The van der Waals surface area contributed by atoms with Crippen LogP contribution in [0.15, 0.2) is 24.3 Å². The molecule has 1 aliphatic carbocycles. The molecule has 1 aromatic rings. The Morgan fingerprint density at radius 2 is 2.00 bits per heavy atom. The Morgan fingerprint density at radius 1 is 1.25 bits per heavy atom. The molecule has 2 unspecified atom stereocenters. The van der Waals surface area contributed by atoms with Crippen LogP contribution in [0.3, 0.4) is 0 Å². The van der Waals surface area contributed by atoms with E-state index in [9.17, 15) is 0 Å². The van der Waals surface area contributed by atoms with Gasteiger partial charge in [0.15, 0.2) is 0 Å². The van der Waals surface area contributed by atoms with E-state index in [1.165, 1.54) is 37.8 Å². The quantitative estimate of drug-likeness (QED) is 0.913. The monoisotopic (exact) mass is 274 g/mol. The summed E-state index contributed by atoms with van der Waals surface area (Å²) in [5.41, 5.74) is 1.30. The molecule has 0 amide bonds. The van der Waals surface area contributed by atoms with Crippen molar-refractivity contribution in [3.8, 4) is 5.75 Å². The first-order valence-corrected chi connectivity index (χ1v) is 7.89. The molecule has 1 aromatic carbocycles. The molecule has 1 aliphatic heterocycles. The second-order valence-corrected chi connectivity index (χ2v) is 6.27. The molecule has 3 heteroatoms. The highest BCUT2D eigenvalue weighted by molar-refractivity contribution is 5.38. The van der Waals surface area contributed by atoms with Crippen LogP contribution in [0.5, 0.6) is 5.75 Å². The first kappa shape index (κ1) is 13.9. The smallest absolute Gasteiger partial charge is 0.124 e. The van der Waals surface area contributed by atoms with Gasteiger partial charge in [0.2, 0.25) is 0 Å². The topological polar surface area (TPSA) is 24.5 Å². The SMILES string of the molecule is CNC1c2ccccc2OCC1N(C)CC1CCCC1. The van der Waals surface area contributed by atoms with Gasteiger partial charge in [-0.2, -0.15) is 0 Å². The molecule has 3 rings (SSSR count). The number of hydrogen-bond donors (Lipinski definition) is 1. The van der Waals surface area contributed by atoms with Gasteiger partial charge in [-0.25, -0.2) is 0 Å². The van der Waals surface area contributed by atoms with E-state index in [-0.39, 0.29) is 0 Å². The maximum absolute atomic E-state index is 5.97. The van der Waals surface area contributed by atoms with E-state index in [1.54, 1.807) is 0 Å². The van der Waals surface area contributed by atoms with Crippen LogP contribution in [0.2, 0.25) is 0 Å². The molecule has 3 nitrogen and oxygen atoms in total. The van der Waals surface area contributed by atoms with Crippen molar-refractivity contribution in [2.45, 2.75) is 37.8 Å². The molecule has 1 N–H and O–H groups in total. The third-order valence-electron chi connectivity index (χ3n) is 4.95. The van der Waals surface area contributed by atoms with Crippen LogP contribution in [-0.4, -0.2) is 38.2 Å². The Morgan fingerprint density at radius 3 is 2.75 bits per heavy atom. The molecule has 0 radical (unpaired) electrons. The number of likely N-dealkylation sites (N-methyl/N-ethyl adjacent to an activating group) is 2. The van der Waals surface area contributed by atoms with Crippen LogP contribution in [0.25, 0.3) is 0 Å². The zero-order valence-corrected chi connectivity index (χ0v) is 12.6. The predicted octanol–water partition coefficient (Wildman–Crippen LogP) is 2.83. The van der Waals surface area contributed by atoms with Crippen LogP contribution in [0, 0.1) is 5.92 Å². The standard InChI is InChI=1S/C17H26N2O/c1-18-17-14-9-5-6-10-16(14)20-12-15(17)19(2)11-13-7-3-4-8-13/h5-6,9-10,13,15,17-18H,3-4,7-8,11-12H2,1-2H3. The number of para-hydroxylation sites is 1. The second kappa shape index (κ2) is 6.15. The zero-order valence-electron chi connectivity index (χ0n) is 12.6. The molecule has 20 heavy (non-hydrogen) atoms. The number of nitrogens with one attached hydrogen (secondary N) is 1. The van der Waals surface area contributed by atoms with Gasteiger partial charge in [0, 0.05) is 12.1 Å². The van der Waals surface area contributed by atoms with Gasteiger partial charge in [-0.3, -0.25) is 4.90 Å². The van der Waals surface area contributed by atoms with Crippen molar-refractivity contribution in [1.82, 2.24) is 10.2 Å². The van der Waals surface area contributed by atoms with Crippen LogP contribution >= 0.6 is 0 Å². The lowest BCUT2D eigenvalue weighted by Crippen LogP contribution is -2.49. The summed E-state index contributed by atoms with van der Waals surface area (Å²) in [6, 6.07) is 9.21. The summed E-state index contributed by atoms with van der Waals surface area (Å²) in [6.45, 7) is 1.99. The van der Waals surface area contributed by atoms with E-state index >= 15 is 0 Å². The molecule has 1 saturated carbocycles. The van der Waals surface area contributed by atoms with Crippen LogP contribution in [-0.2, 0) is 0 Å². The normalized spacial score (nSPS) is 26.6. The summed E-state index contributed by atoms with van der Waals surface area (Å²) in [6.07, 6.45) is 5.63. The van der Waals surface area contributed by atoms with Crippen molar-refractivity contribution in [3.05, 3.63) is 29.8 Å². The van der Waals surface area contributed by atoms with E-state index in [0.29, 0.717) is 12.1 Å². The van der Waals surface area contributed by atoms with Gasteiger partial charge in [0.1, 0.15) is 12.4 Å². The van der Waals surface area contributed by atoms with Gasteiger partial charge in [-0.1, -0.05) is 31.0 Å². The molecule has 0 spiro atoms. The first-order chi connectivity index (χ1) is 9.79.